The Balaban J connectivity index is 1.92. The van der Waals surface area contributed by atoms with Crippen LogP contribution in [0, 0.1) is 5.41 Å². The number of ether oxygens (including phenoxy) is 1. The van der Waals surface area contributed by atoms with Crippen LogP contribution in [0.4, 0.5) is 0 Å². The Morgan fingerprint density at radius 1 is 1.35 bits per heavy atom. The highest BCUT2D eigenvalue weighted by molar-refractivity contribution is 5.88. The number of rotatable bonds is 6. The van der Waals surface area contributed by atoms with Gasteiger partial charge in [-0.15, -0.1) is 0 Å². The molecule has 2 N–H and O–H groups in total. The molecule has 114 valence electrons. The minimum absolute atomic E-state index is 0.0202. The van der Waals surface area contributed by atoms with Crippen molar-refractivity contribution >= 4 is 11.8 Å². The summed E-state index contributed by atoms with van der Waals surface area (Å²) in [6.07, 6.45) is 3.63. The normalized spacial score (nSPS) is 21.3. The number of nitrogens with one attached hydrogen (secondary N) is 2. The molecule has 2 fully saturated rings. The molecular weight excluding hydrogens is 258 g/mol. The van der Waals surface area contributed by atoms with Crippen molar-refractivity contribution in [3.63, 3.8) is 0 Å². The van der Waals surface area contributed by atoms with Gasteiger partial charge in [0.25, 0.3) is 0 Å². The SMILES string of the molecule is COCC1(C(=O)N(C)CC(=O)NC2CC2)CCNCC1. The number of piperidine rings is 1. The van der Waals surface area contributed by atoms with E-state index in [-0.39, 0.29) is 18.4 Å². The summed E-state index contributed by atoms with van der Waals surface area (Å²) in [5.41, 5.74) is -0.478. The standard InChI is InChI=1S/C14H25N3O3/c1-17(9-12(18)16-11-3-4-11)13(19)14(10-20-2)5-7-15-8-6-14/h11,15H,3-10H2,1-2H3,(H,16,18). The first-order valence-corrected chi connectivity index (χ1v) is 7.32. The molecule has 0 aromatic heterocycles. The average molecular weight is 283 g/mol. The lowest BCUT2D eigenvalue weighted by Crippen LogP contribution is -2.52. The van der Waals surface area contributed by atoms with Gasteiger partial charge >= 0.3 is 0 Å². The molecule has 0 aromatic carbocycles. The highest BCUT2D eigenvalue weighted by Crippen LogP contribution is 2.31. The van der Waals surface area contributed by atoms with Crippen LogP contribution in [0.1, 0.15) is 25.7 Å². The molecule has 1 saturated carbocycles. The van der Waals surface area contributed by atoms with E-state index < -0.39 is 5.41 Å². The van der Waals surface area contributed by atoms with Crippen molar-refractivity contribution in [2.24, 2.45) is 5.41 Å². The van der Waals surface area contributed by atoms with E-state index in [9.17, 15) is 9.59 Å². The van der Waals surface area contributed by atoms with Crippen molar-refractivity contribution in [1.29, 1.82) is 0 Å². The van der Waals surface area contributed by atoms with E-state index in [4.69, 9.17) is 4.74 Å². The van der Waals surface area contributed by atoms with Crippen molar-refractivity contribution < 1.29 is 14.3 Å². The van der Waals surface area contributed by atoms with Gasteiger partial charge in [0.2, 0.25) is 11.8 Å². The van der Waals surface area contributed by atoms with Crippen molar-refractivity contribution in [3.05, 3.63) is 0 Å². The maximum Gasteiger partial charge on any atom is 0.239 e. The Hall–Kier alpha value is -1.14. The molecule has 2 amide bonds. The molecule has 2 rings (SSSR count). The second-order valence-corrected chi connectivity index (χ2v) is 5.97. The molecule has 20 heavy (non-hydrogen) atoms. The molecule has 0 atom stereocenters. The number of likely N-dealkylation sites (N-methyl/N-ethyl adjacent to an activating group) is 1. The summed E-state index contributed by atoms with van der Waals surface area (Å²) in [5, 5.41) is 6.17. The van der Waals surface area contributed by atoms with Crippen molar-refractivity contribution in [1.82, 2.24) is 15.5 Å². The Labute approximate surface area is 120 Å². The van der Waals surface area contributed by atoms with Gasteiger partial charge in [-0.25, -0.2) is 0 Å². The first kappa shape index (κ1) is 15.3. The Bertz CT molecular complexity index is 357. The summed E-state index contributed by atoms with van der Waals surface area (Å²) in [6, 6.07) is 0.331. The lowest BCUT2D eigenvalue weighted by atomic mass is 9.78. The fourth-order valence-electron chi connectivity index (χ4n) is 2.79. The van der Waals surface area contributed by atoms with Gasteiger partial charge in [0.05, 0.1) is 18.6 Å². The van der Waals surface area contributed by atoms with Gasteiger partial charge in [-0.05, 0) is 38.8 Å². The number of amides is 2. The highest BCUT2D eigenvalue weighted by Gasteiger charge is 2.41. The zero-order valence-electron chi connectivity index (χ0n) is 12.4. The zero-order valence-corrected chi connectivity index (χ0v) is 12.4. The van der Waals surface area contributed by atoms with E-state index in [0.29, 0.717) is 12.6 Å². The smallest absolute Gasteiger partial charge is 0.239 e. The van der Waals surface area contributed by atoms with Crippen LogP contribution in [0.25, 0.3) is 0 Å². The van der Waals surface area contributed by atoms with Gasteiger partial charge in [0, 0.05) is 20.2 Å². The third-order valence-corrected chi connectivity index (χ3v) is 4.10. The van der Waals surface area contributed by atoms with Crippen LogP contribution in [0.5, 0.6) is 0 Å². The first-order valence-electron chi connectivity index (χ1n) is 7.32. The molecule has 6 nitrogen and oxygen atoms in total. The van der Waals surface area contributed by atoms with Crippen molar-refractivity contribution in [3.8, 4) is 0 Å². The predicted molar refractivity (Wildman–Crippen MR) is 75.2 cm³/mol. The van der Waals surface area contributed by atoms with Gasteiger partial charge < -0.3 is 20.3 Å². The number of carbonyl (C=O) groups excluding carboxylic acids is 2. The minimum Gasteiger partial charge on any atom is -0.384 e. The fourth-order valence-corrected chi connectivity index (χ4v) is 2.79. The van der Waals surface area contributed by atoms with Crippen LogP contribution in [0.3, 0.4) is 0 Å². The predicted octanol–water partition coefficient (Wildman–Crippen LogP) is -0.260. The van der Waals surface area contributed by atoms with Gasteiger partial charge in [-0.2, -0.15) is 0 Å². The highest BCUT2D eigenvalue weighted by atomic mass is 16.5. The fraction of sp³-hybridized carbons (Fsp3) is 0.857. The Morgan fingerprint density at radius 2 is 2.00 bits per heavy atom. The number of carbonyl (C=O) groups is 2. The molecule has 0 aromatic rings. The largest absolute Gasteiger partial charge is 0.384 e. The molecule has 0 unspecified atom stereocenters. The molecule has 0 spiro atoms. The Morgan fingerprint density at radius 3 is 2.55 bits per heavy atom. The van der Waals surface area contributed by atoms with Gasteiger partial charge in [-0.1, -0.05) is 0 Å². The van der Waals surface area contributed by atoms with Crippen molar-refractivity contribution in [2.45, 2.75) is 31.7 Å². The van der Waals surface area contributed by atoms with Crippen LogP contribution in [-0.2, 0) is 14.3 Å². The van der Waals surface area contributed by atoms with E-state index in [0.717, 1.165) is 38.8 Å². The van der Waals surface area contributed by atoms with Gasteiger partial charge in [0.1, 0.15) is 0 Å². The molecule has 1 heterocycles. The Kier molecular flexibility index (Phi) is 4.99. The summed E-state index contributed by atoms with van der Waals surface area (Å²) < 4.78 is 5.26. The maximum absolute atomic E-state index is 12.7. The van der Waals surface area contributed by atoms with E-state index in [1.807, 2.05) is 0 Å². The molecule has 1 aliphatic carbocycles. The first-order chi connectivity index (χ1) is 9.57. The second kappa shape index (κ2) is 6.54. The topological polar surface area (TPSA) is 70.7 Å². The minimum atomic E-state index is -0.478. The molecule has 0 radical (unpaired) electrons. The molecular formula is C14H25N3O3. The van der Waals surface area contributed by atoms with E-state index in [1.165, 1.54) is 0 Å². The summed E-state index contributed by atoms with van der Waals surface area (Å²) in [5.74, 6) is -0.0448. The quantitative estimate of drug-likeness (QED) is 0.704. The van der Waals surface area contributed by atoms with E-state index in [2.05, 4.69) is 10.6 Å². The maximum atomic E-state index is 12.7. The van der Waals surface area contributed by atoms with Crippen LogP contribution >= 0.6 is 0 Å². The zero-order chi connectivity index (χ0) is 14.6. The monoisotopic (exact) mass is 283 g/mol. The second-order valence-electron chi connectivity index (χ2n) is 5.97. The molecule has 1 aliphatic heterocycles. The number of hydrogen-bond donors (Lipinski definition) is 2. The molecule has 6 heteroatoms. The van der Waals surface area contributed by atoms with E-state index in [1.54, 1.807) is 19.1 Å². The lowest BCUT2D eigenvalue weighted by Gasteiger charge is -2.38. The third kappa shape index (κ3) is 3.70. The molecule has 0 bridgehead atoms. The van der Waals surface area contributed by atoms with Crippen LogP contribution < -0.4 is 10.6 Å². The summed E-state index contributed by atoms with van der Waals surface area (Å²) in [4.78, 5) is 26.0. The van der Waals surface area contributed by atoms with Crippen molar-refractivity contribution in [2.75, 3.05) is 40.4 Å². The summed E-state index contributed by atoms with van der Waals surface area (Å²) in [7, 11) is 3.32. The third-order valence-electron chi connectivity index (χ3n) is 4.10. The van der Waals surface area contributed by atoms with E-state index >= 15 is 0 Å². The summed E-state index contributed by atoms with van der Waals surface area (Å²) in [6.45, 7) is 2.19. The lowest BCUT2D eigenvalue weighted by molar-refractivity contribution is -0.148. The molecule has 2 aliphatic rings. The van der Waals surface area contributed by atoms with Crippen LogP contribution in [0.2, 0.25) is 0 Å². The van der Waals surface area contributed by atoms with Gasteiger partial charge in [-0.3, -0.25) is 9.59 Å². The molecule has 1 saturated heterocycles. The van der Waals surface area contributed by atoms with Gasteiger partial charge in [0.15, 0.2) is 0 Å². The van der Waals surface area contributed by atoms with Crippen LogP contribution in [0.15, 0.2) is 0 Å². The number of hydrogen-bond acceptors (Lipinski definition) is 4. The number of methoxy groups -OCH3 is 1. The van der Waals surface area contributed by atoms with Crippen LogP contribution in [-0.4, -0.2) is 63.2 Å². The summed E-state index contributed by atoms with van der Waals surface area (Å²) >= 11 is 0. The number of nitrogens with zero attached hydrogens (tertiary/aromatic N) is 1. The average Bonchev–Trinajstić information content (AvgIpc) is 3.23.